The second-order valence-corrected chi connectivity index (χ2v) is 4.85. The van der Waals surface area contributed by atoms with Gasteiger partial charge in [0.15, 0.2) is 6.29 Å². The second kappa shape index (κ2) is 9.50. The van der Waals surface area contributed by atoms with Crippen molar-refractivity contribution in [3.8, 4) is 0 Å². The third-order valence-corrected chi connectivity index (χ3v) is 2.68. The van der Waals surface area contributed by atoms with E-state index in [-0.39, 0.29) is 12.7 Å². The first-order valence-electron chi connectivity index (χ1n) is 6.83. The lowest BCUT2D eigenvalue weighted by Crippen LogP contribution is -2.18. The predicted molar refractivity (Wildman–Crippen MR) is 80.1 cm³/mol. The zero-order chi connectivity index (χ0) is 15.7. The van der Waals surface area contributed by atoms with E-state index in [9.17, 15) is 4.79 Å². The number of carbonyl (C=O) groups is 1. The number of aldehydes is 1. The molecule has 1 atom stereocenters. The summed E-state index contributed by atoms with van der Waals surface area (Å²) in [6, 6.07) is 0. The van der Waals surface area contributed by atoms with Gasteiger partial charge in [0.05, 0.1) is 12.7 Å². The first-order chi connectivity index (χ1) is 9.35. The largest absolute Gasteiger partial charge is 0.465 e. The Balaban J connectivity index is 5.25. The number of aliphatic hydroxyl groups is 1. The van der Waals surface area contributed by atoms with Gasteiger partial charge >= 0.3 is 0 Å². The van der Waals surface area contributed by atoms with E-state index in [1.165, 1.54) is 0 Å². The smallest absolute Gasteiger partial charge is 0.197 e. The van der Waals surface area contributed by atoms with Crippen LogP contribution in [0, 0.1) is 0 Å². The Morgan fingerprint density at radius 1 is 1.35 bits per heavy atom. The van der Waals surface area contributed by atoms with E-state index in [1.54, 1.807) is 19.9 Å². The van der Waals surface area contributed by atoms with Crippen LogP contribution in [0.2, 0.25) is 0 Å². The van der Waals surface area contributed by atoms with Gasteiger partial charge in [0.25, 0.3) is 0 Å². The van der Waals surface area contributed by atoms with Crippen molar-refractivity contribution in [1.29, 1.82) is 0 Å². The highest BCUT2D eigenvalue weighted by molar-refractivity contribution is 5.79. The van der Waals surface area contributed by atoms with Crippen molar-refractivity contribution in [1.82, 2.24) is 0 Å². The summed E-state index contributed by atoms with van der Waals surface area (Å²) < 4.78 is 11.2. The Morgan fingerprint density at radius 3 is 2.35 bits per heavy atom. The molecule has 20 heavy (non-hydrogen) atoms. The molecule has 0 saturated carbocycles. The van der Waals surface area contributed by atoms with E-state index >= 15 is 0 Å². The zero-order valence-corrected chi connectivity index (χ0v) is 13.1. The number of rotatable bonds is 9. The van der Waals surface area contributed by atoms with Crippen LogP contribution in [0.3, 0.4) is 0 Å². The molecule has 0 saturated heterocycles. The standard InChI is InChI=1S/C16H26O4/c1-7-12(4)16(20-14(6)19-11(2)3)8-15(10-18)13(5)9-17/h8,10-11,14,17H,4,7,9H2,1-3,5-6H3/b15-13+,16-8+/t14-/m0/s1. The van der Waals surface area contributed by atoms with Crippen LogP contribution >= 0.6 is 0 Å². The van der Waals surface area contributed by atoms with Gasteiger partial charge in [-0.2, -0.15) is 0 Å². The number of hydrogen-bond acceptors (Lipinski definition) is 4. The zero-order valence-electron chi connectivity index (χ0n) is 13.1. The topological polar surface area (TPSA) is 55.8 Å². The van der Waals surface area contributed by atoms with Gasteiger partial charge in [0, 0.05) is 5.57 Å². The molecule has 0 aliphatic carbocycles. The van der Waals surface area contributed by atoms with Gasteiger partial charge in [-0.1, -0.05) is 13.5 Å². The summed E-state index contributed by atoms with van der Waals surface area (Å²) in [4.78, 5) is 11.1. The van der Waals surface area contributed by atoms with Crippen molar-refractivity contribution in [3.05, 3.63) is 35.1 Å². The van der Waals surface area contributed by atoms with Crippen LogP contribution in [0.25, 0.3) is 0 Å². The van der Waals surface area contributed by atoms with Crippen LogP contribution in [0.4, 0.5) is 0 Å². The molecule has 0 aromatic rings. The summed E-state index contributed by atoms with van der Waals surface area (Å²) in [7, 11) is 0. The van der Waals surface area contributed by atoms with Crippen molar-refractivity contribution < 1.29 is 19.4 Å². The Kier molecular flexibility index (Phi) is 8.84. The molecule has 0 aromatic carbocycles. The Morgan fingerprint density at radius 2 is 1.95 bits per heavy atom. The molecule has 0 rings (SSSR count). The maximum Gasteiger partial charge on any atom is 0.197 e. The third kappa shape index (κ3) is 6.68. The fourth-order valence-electron chi connectivity index (χ4n) is 1.47. The normalized spacial score (nSPS) is 14.8. The molecular formula is C16H26O4. The van der Waals surface area contributed by atoms with Gasteiger partial charge in [0.2, 0.25) is 0 Å². The fourth-order valence-corrected chi connectivity index (χ4v) is 1.47. The van der Waals surface area contributed by atoms with Crippen LogP contribution in [0.15, 0.2) is 35.1 Å². The van der Waals surface area contributed by atoms with Crippen LogP contribution in [-0.4, -0.2) is 30.4 Å². The van der Waals surface area contributed by atoms with E-state index in [4.69, 9.17) is 14.6 Å². The molecule has 0 spiro atoms. The van der Waals surface area contributed by atoms with E-state index in [0.29, 0.717) is 29.6 Å². The SMILES string of the molecule is C=C(CC)/C(=C\C(C=O)=C(\C)CO)O[C@@H](C)OC(C)C. The lowest BCUT2D eigenvalue weighted by Gasteiger charge is -2.21. The number of hydrogen-bond donors (Lipinski definition) is 1. The monoisotopic (exact) mass is 282 g/mol. The van der Waals surface area contributed by atoms with Gasteiger partial charge < -0.3 is 14.6 Å². The second-order valence-electron chi connectivity index (χ2n) is 4.85. The lowest BCUT2D eigenvalue weighted by molar-refractivity contribution is -0.126. The minimum atomic E-state index is -0.438. The van der Waals surface area contributed by atoms with Crippen LogP contribution in [0.1, 0.15) is 41.0 Å². The summed E-state index contributed by atoms with van der Waals surface area (Å²) in [6.45, 7) is 13.0. The van der Waals surface area contributed by atoms with E-state index in [2.05, 4.69) is 6.58 Å². The van der Waals surface area contributed by atoms with Crippen molar-refractivity contribution in [2.45, 2.75) is 53.4 Å². The maximum absolute atomic E-state index is 11.1. The highest BCUT2D eigenvalue weighted by Crippen LogP contribution is 2.19. The number of aliphatic hydroxyl groups excluding tert-OH is 1. The van der Waals surface area contributed by atoms with E-state index in [0.717, 1.165) is 5.57 Å². The Hall–Kier alpha value is -1.39. The van der Waals surface area contributed by atoms with Gasteiger partial charge in [-0.3, -0.25) is 4.79 Å². The molecule has 0 heterocycles. The van der Waals surface area contributed by atoms with Gasteiger partial charge in [0.1, 0.15) is 12.0 Å². The van der Waals surface area contributed by atoms with Crippen LogP contribution in [-0.2, 0) is 14.3 Å². The first-order valence-corrected chi connectivity index (χ1v) is 6.83. The molecule has 0 unspecified atom stereocenters. The molecule has 0 fully saturated rings. The minimum absolute atomic E-state index is 0.0430. The van der Waals surface area contributed by atoms with E-state index in [1.807, 2.05) is 20.8 Å². The average Bonchev–Trinajstić information content (AvgIpc) is 2.40. The maximum atomic E-state index is 11.1. The fraction of sp³-hybridized carbons (Fsp3) is 0.562. The molecule has 114 valence electrons. The summed E-state index contributed by atoms with van der Waals surface area (Å²) in [5.74, 6) is 0.510. The molecule has 0 aliphatic rings. The minimum Gasteiger partial charge on any atom is -0.465 e. The first kappa shape index (κ1) is 18.6. The van der Waals surface area contributed by atoms with Crippen molar-refractivity contribution in [2.75, 3.05) is 6.61 Å². The molecule has 1 N–H and O–H groups in total. The molecule has 0 amide bonds. The van der Waals surface area contributed by atoms with Crippen LogP contribution in [0.5, 0.6) is 0 Å². The van der Waals surface area contributed by atoms with Gasteiger partial charge in [-0.05, 0) is 51.3 Å². The molecule has 4 nitrogen and oxygen atoms in total. The highest BCUT2D eigenvalue weighted by atomic mass is 16.7. The molecule has 4 heteroatoms. The summed E-state index contributed by atoms with van der Waals surface area (Å²) >= 11 is 0. The van der Waals surface area contributed by atoms with E-state index < -0.39 is 6.29 Å². The molecular weight excluding hydrogens is 256 g/mol. The highest BCUT2D eigenvalue weighted by Gasteiger charge is 2.12. The average molecular weight is 282 g/mol. The Bertz CT molecular complexity index is 391. The summed E-state index contributed by atoms with van der Waals surface area (Å²) in [5.41, 5.74) is 1.76. The number of allylic oxidation sites excluding steroid dienone is 3. The lowest BCUT2D eigenvalue weighted by atomic mass is 10.1. The summed E-state index contributed by atoms with van der Waals surface area (Å²) in [5, 5.41) is 9.11. The summed E-state index contributed by atoms with van der Waals surface area (Å²) in [6.07, 6.45) is 2.61. The van der Waals surface area contributed by atoms with Gasteiger partial charge in [-0.25, -0.2) is 0 Å². The van der Waals surface area contributed by atoms with Crippen molar-refractivity contribution in [2.24, 2.45) is 0 Å². The predicted octanol–water partition coefficient (Wildman–Crippen LogP) is 3.13. The number of ether oxygens (including phenoxy) is 2. The van der Waals surface area contributed by atoms with Crippen LogP contribution < -0.4 is 0 Å². The molecule has 0 bridgehead atoms. The molecule has 0 radical (unpaired) electrons. The molecule has 0 aliphatic heterocycles. The van der Waals surface area contributed by atoms with Gasteiger partial charge in [-0.15, -0.1) is 0 Å². The molecule has 0 aromatic heterocycles. The van der Waals surface area contributed by atoms with Crippen molar-refractivity contribution >= 4 is 6.29 Å². The van der Waals surface area contributed by atoms with Crippen molar-refractivity contribution in [3.63, 3.8) is 0 Å². The third-order valence-electron chi connectivity index (χ3n) is 2.68. The Labute approximate surface area is 121 Å². The number of carbonyl (C=O) groups excluding carboxylic acids is 1. The quantitative estimate of drug-likeness (QED) is 0.232.